The van der Waals surface area contributed by atoms with Crippen LogP contribution in [0.2, 0.25) is 0 Å². The molecule has 7 nitrogen and oxygen atoms in total. The van der Waals surface area contributed by atoms with Gasteiger partial charge in [0.05, 0.1) is 29.9 Å². The average molecular weight is 475 g/mol. The first kappa shape index (κ1) is 23.6. The van der Waals surface area contributed by atoms with Crippen LogP contribution in [0, 0.1) is 48.3 Å². The minimum atomic E-state index is -0.881. The maximum absolute atomic E-state index is 13.7. The quantitative estimate of drug-likeness (QED) is 0.653. The van der Waals surface area contributed by atoms with Crippen molar-refractivity contribution in [3.05, 3.63) is 41.2 Å². The predicted octanol–water partition coefficient (Wildman–Crippen LogP) is 4.26. The van der Waals surface area contributed by atoms with Gasteiger partial charge in [0.15, 0.2) is 0 Å². The van der Waals surface area contributed by atoms with E-state index < -0.39 is 5.54 Å². The molecule has 0 radical (unpaired) electrons. The molecule has 1 amide bonds. The lowest BCUT2D eigenvalue weighted by Gasteiger charge is -2.58. The molecule has 2 unspecified atom stereocenters. The Hall–Kier alpha value is -3.14. The summed E-state index contributed by atoms with van der Waals surface area (Å²) in [5.41, 5.74) is 3.12. The van der Waals surface area contributed by atoms with Gasteiger partial charge in [-0.3, -0.25) is 14.3 Å². The zero-order valence-electron chi connectivity index (χ0n) is 21.2. The van der Waals surface area contributed by atoms with E-state index >= 15 is 0 Å². The molecule has 1 aromatic carbocycles. The van der Waals surface area contributed by atoms with Crippen LogP contribution in [0.3, 0.4) is 0 Å². The lowest BCUT2D eigenvalue weighted by atomic mass is 9.48. The largest absolute Gasteiger partial charge is 0.469 e. The predicted molar refractivity (Wildman–Crippen MR) is 131 cm³/mol. The fraction of sp³-hybridized carbons (Fsp3) is 0.571. The number of nitrogens with zero attached hydrogens (tertiary/aromatic N) is 3. The van der Waals surface area contributed by atoms with Gasteiger partial charge in [-0.05, 0) is 95.2 Å². The summed E-state index contributed by atoms with van der Waals surface area (Å²) in [6.45, 7) is 7.77. The molecule has 4 saturated carbocycles. The standard InChI is InChI=1S/C28H34N4O3/c1-16-23(20-8-6-18(15-29)7-9-20)17(2)32(31-16)27(3,4)25(33)30-24-21-10-19-11-22(24)14-28(12-19,13-21)26(34)35-5/h6-9,19,21-22,24H,10-14H2,1-5H3,(H,30,33). The van der Waals surface area contributed by atoms with E-state index in [1.807, 2.05) is 44.5 Å². The smallest absolute Gasteiger partial charge is 0.311 e. The first-order valence-corrected chi connectivity index (χ1v) is 12.6. The molecule has 184 valence electrons. The summed E-state index contributed by atoms with van der Waals surface area (Å²) in [4.78, 5) is 26.3. The number of nitriles is 1. The van der Waals surface area contributed by atoms with E-state index in [1.165, 1.54) is 7.11 Å². The Morgan fingerprint density at radius 3 is 2.34 bits per heavy atom. The Balaban J connectivity index is 1.38. The van der Waals surface area contributed by atoms with Gasteiger partial charge in [-0.2, -0.15) is 10.4 Å². The number of aromatic nitrogens is 2. The monoisotopic (exact) mass is 474 g/mol. The summed E-state index contributed by atoms with van der Waals surface area (Å²) in [6.07, 6.45) is 4.69. The van der Waals surface area contributed by atoms with Gasteiger partial charge in [0, 0.05) is 17.3 Å². The summed E-state index contributed by atoms with van der Waals surface area (Å²) in [7, 11) is 1.49. The van der Waals surface area contributed by atoms with Crippen molar-refractivity contribution in [1.29, 1.82) is 5.26 Å². The Morgan fingerprint density at radius 2 is 1.77 bits per heavy atom. The van der Waals surface area contributed by atoms with E-state index in [0.29, 0.717) is 23.3 Å². The van der Waals surface area contributed by atoms with Gasteiger partial charge < -0.3 is 10.1 Å². The van der Waals surface area contributed by atoms with E-state index in [0.717, 1.165) is 54.6 Å². The van der Waals surface area contributed by atoms with Crippen molar-refractivity contribution in [3.8, 4) is 17.2 Å². The molecule has 0 saturated heterocycles. The summed E-state index contributed by atoms with van der Waals surface area (Å²) < 4.78 is 7.02. The van der Waals surface area contributed by atoms with Crippen LogP contribution in [0.1, 0.15) is 62.9 Å². The lowest BCUT2D eigenvalue weighted by Crippen LogP contribution is -2.63. The third kappa shape index (κ3) is 3.65. The molecule has 0 aliphatic heterocycles. The van der Waals surface area contributed by atoms with Crippen molar-refractivity contribution < 1.29 is 14.3 Å². The number of benzene rings is 1. The van der Waals surface area contributed by atoms with Gasteiger partial charge in [0.1, 0.15) is 5.54 Å². The van der Waals surface area contributed by atoms with Crippen molar-refractivity contribution in [1.82, 2.24) is 15.1 Å². The molecule has 4 bridgehead atoms. The summed E-state index contributed by atoms with van der Waals surface area (Å²) in [6, 6.07) is 9.70. The highest BCUT2D eigenvalue weighted by atomic mass is 16.5. The van der Waals surface area contributed by atoms with E-state index in [1.54, 1.807) is 12.1 Å². The van der Waals surface area contributed by atoms with Crippen LogP contribution in [0.5, 0.6) is 0 Å². The molecule has 1 N–H and O–H groups in total. The third-order valence-electron chi connectivity index (χ3n) is 8.87. The van der Waals surface area contributed by atoms with Crippen molar-refractivity contribution in [2.45, 2.75) is 71.4 Å². The summed E-state index contributed by atoms with van der Waals surface area (Å²) in [5, 5.41) is 17.3. The highest BCUT2D eigenvalue weighted by molar-refractivity contribution is 5.85. The van der Waals surface area contributed by atoms with Crippen LogP contribution >= 0.6 is 0 Å². The number of esters is 1. The minimum Gasteiger partial charge on any atom is -0.469 e. The number of aryl methyl sites for hydroxylation is 1. The number of rotatable bonds is 5. The molecular weight excluding hydrogens is 440 g/mol. The van der Waals surface area contributed by atoms with Gasteiger partial charge in [-0.25, -0.2) is 0 Å². The summed E-state index contributed by atoms with van der Waals surface area (Å²) >= 11 is 0. The SMILES string of the molecule is COC(=O)C12CC3CC(C1)C(NC(=O)C(C)(C)n1nc(C)c(-c4ccc(C#N)cc4)c1C)C(C3)C2. The van der Waals surface area contributed by atoms with Crippen LogP contribution in [0.25, 0.3) is 11.1 Å². The van der Waals surface area contributed by atoms with Crippen molar-refractivity contribution >= 4 is 11.9 Å². The molecule has 7 heteroatoms. The van der Waals surface area contributed by atoms with Gasteiger partial charge >= 0.3 is 5.97 Å². The van der Waals surface area contributed by atoms with Crippen LogP contribution in [0.4, 0.5) is 0 Å². The second-order valence-corrected chi connectivity index (χ2v) is 11.4. The van der Waals surface area contributed by atoms with Crippen molar-refractivity contribution in [2.24, 2.45) is 23.2 Å². The molecule has 1 heterocycles. The highest BCUT2D eigenvalue weighted by Gasteiger charge is 2.59. The lowest BCUT2D eigenvalue weighted by molar-refractivity contribution is -0.171. The first-order chi connectivity index (χ1) is 16.6. The Kier molecular flexibility index (Phi) is 5.54. The number of methoxy groups -OCH3 is 1. The Labute approximate surface area is 206 Å². The molecule has 4 aliphatic carbocycles. The number of amides is 1. The molecule has 35 heavy (non-hydrogen) atoms. The van der Waals surface area contributed by atoms with Crippen molar-refractivity contribution in [3.63, 3.8) is 0 Å². The van der Waals surface area contributed by atoms with Crippen LogP contribution < -0.4 is 5.32 Å². The third-order valence-corrected chi connectivity index (χ3v) is 8.87. The molecule has 2 atom stereocenters. The molecule has 2 aromatic rings. The van der Waals surface area contributed by atoms with Crippen LogP contribution in [0.15, 0.2) is 24.3 Å². The van der Waals surface area contributed by atoms with Crippen molar-refractivity contribution in [2.75, 3.05) is 7.11 Å². The molecule has 6 rings (SSSR count). The number of ether oxygens (including phenoxy) is 1. The second kappa shape index (κ2) is 8.22. The van der Waals surface area contributed by atoms with Gasteiger partial charge in [-0.15, -0.1) is 0 Å². The van der Waals surface area contributed by atoms with E-state index in [9.17, 15) is 9.59 Å². The fourth-order valence-electron chi connectivity index (χ4n) is 7.47. The van der Waals surface area contributed by atoms with Gasteiger partial charge in [-0.1, -0.05) is 12.1 Å². The number of carbonyl (C=O) groups excluding carboxylic acids is 2. The highest BCUT2D eigenvalue weighted by Crippen LogP contribution is 2.60. The van der Waals surface area contributed by atoms with Crippen LogP contribution in [-0.2, 0) is 19.9 Å². The Morgan fingerprint density at radius 1 is 1.14 bits per heavy atom. The number of nitrogens with one attached hydrogen (secondary N) is 1. The Bertz CT molecular complexity index is 1200. The topological polar surface area (TPSA) is 97.0 Å². The zero-order valence-corrected chi connectivity index (χ0v) is 21.2. The van der Waals surface area contributed by atoms with Crippen LogP contribution in [-0.4, -0.2) is 34.8 Å². The van der Waals surface area contributed by atoms with E-state index in [-0.39, 0.29) is 23.3 Å². The maximum atomic E-state index is 13.7. The fourth-order valence-corrected chi connectivity index (χ4v) is 7.47. The average Bonchev–Trinajstić information content (AvgIpc) is 3.14. The van der Waals surface area contributed by atoms with E-state index in [4.69, 9.17) is 15.1 Å². The second-order valence-electron chi connectivity index (χ2n) is 11.4. The zero-order chi connectivity index (χ0) is 25.1. The van der Waals surface area contributed by atoms with Gasteiger partial charge in [0.25, 0.3) is 0 Å². The number of carbonyl (C=O) groups is 2. The number of hydrogen-bond donors (Lipinski definition) is 1. The summed E-state index contributed by atoms with van der Waals surface area (Å²) in [5.74, 6) is 1.07. The first-order valence-electron chi connectivity index (χ1n) is 12.6. The normalized spacial score (nSPS) is 29.0. The molecule has 4 fully saturated rings. The maximum Gasteiger partial charge on any atom is 0.311 e. The number of hydrogen-bond acceptors (Lipinski definition) is 5. The minimum absolute atomic E-state index is 0.0425. The molecule has 0 spiro atoms. The van der Waals surface area contributed by atoms with Gasteiger partial charge in [0.2, 0.25) is 5.91 Å². The molecule has 1 aromatic heterocycles. The molecular formula is C28H34N4O3. The van der Waals surface area contributed by atoms with E-state index in [2.05, 4.69) is 11.4 Å². The molecule has 4 aliphatic rings.